The molecule has 3 aliphatic rings. The van der Waals surface area contributed by atoms with Crippen molar-refractivity contribution in [2.75, 3.05) is 0 Å². The van der Waals surface area contributed by atoms with Crippen LogP contribution in [0.3, 0.4) is 0 Å². The number of fused-ring (bicyclic) bond motifs is 22. The van der Waals surface area contributed by atoms with E-state index < -0.39 is 0 Å². The normalized spacial score (nSPS) is 14.5. The summed E-state index contributed by atoms with van der Waals surface area (Å²) in [5, 5.41) is 8.47. The van der Waals surface area contributed by atoms with Crippen LogP contribution in [-0.4, -0.2) is 23.7 Å². The SMILES string of the molecule is CC1(C)c2ccccc2-c2ccc3c4ccccc4n(-c4cccc(-c5ccc6nc(-c7cccc(-n8c9ccccc9c9ccc%10c(c98)C(C)(C)c8ccccc8-%10)c7)nc(-c7cccc(-n8c9ccccc9c9ccc%10c(c98)C(C)(C)c8ccccc8-%10)c7)c6c5)c4)c3c21. The summed E-state index contributed by atoms with van der Waals surface area (Å²) in [5.74, 6) is 0.668. The number of para-hydroxylation sites is 3. The highest BCUT2D eigenvalue weighted by Gasteiger charge is 2.42. The molecule has 0 saturated carbocycles. The number of aromatic nitrogens is 5. The van der Waals surface area contributed by atoms with E-state index in [2.05, 4.69) is 328 Å². The minimum Gasteiger partial charge on any atom is -0.309 e. The van der Waals surface area contributed by atoms with Crippen molar-refractivity contribution in [3.05, 3.63) is 306 Å². The molecule has 5 nitrogen and oxygen atoms in total. The highest BCUT2D eigenvalue weighted by Crippen LogP contribution is 2.57. The number of rotatable bonds is 6. The van der Waals surface area contributed by atoms with Gasteiger partial charge in [-0.25, -0.2) is 9.97 Å². The molecule has 0 radical (unpaired) electrons. The summed E-state index contributed by atoms with van der Waals surface area (Å²) >= 11 is 0. The lowest BCUT2D eigenvalue weighted by atomic mass is 9.81. The maximum Gasteiger partial charge on any atom is 0.160 e. The molecule has 0 bridgehead atoms. The number of benzene rings is 13. The molecule has 0 aliphatic heterocycles. The van der Waals surface area contributed by atoms with Gasteiger partial charge in [-0.2, -0.15) is 0 Å². The first-order valence-corrected chi connectivity index (χ1v) is 33.1. The summed E-state index contributed by atoms with van der Waals surface area (Å²) in [4.78, 5) is 11.5. The van der Waals surface area contributed by atoms with Gasteiger partial charge in [-0.1, -0.05) is 248 Å². The van der Waals surface area contributed by atoms with Crippen molar-refractivity contribution in [2.45, 2.75) is 57.8 Å². The third-order valence-corrected chi connectivity index (χ3v) is 21.9. The molecular formula is C89H63N5. The summed E-state index contributed by atoms with van der Waals surface area (Å²) in [5.41, 5.74) is 31.8. The van der Waals surface area contributed by atoms with Gasteiger partial charge in [0.05, 0.1) is 44.3 Å². The van der Waals surface area contributed by atoms with E-state index in [-0.39, 0.29) is 16.2 Å². The fourth-order valence-electron chi connectivity index (χ4n) is 17.8. The molecule has 3 aliphatic carbocycles. The molecule has 20 rings (SSSR count). The zero-order valence-electron chi connectivity index (χ0n) is 53.2. The molecule has 94 heavy (non-hydrogen) atoms. The standard InChI is InChI=1S/C89H63N5/c1-87(2)72-34-13-7-28-59(72)65-41-44-68-62-31-10-16-37-76(62)92(83(68)79(65)87)56-25-19-22-52(48-56)53-40-47-75-71(51-53)82(54-23-20-26-57(49-54)93-77-38-17-11-32-63(77)69-45-42-66-60-29-8-14-35-73(60)88(3,4)80(66)84(69)93)91-86(90-75)55-24-21-27-58(50-55)94-78-39-18-12-33-64(78)70-46-43-67-61-30-9-15-36-74(61)89(5,6)81(67)85(70)94/h7-51H,1-6H3. The topological polar surface area (TPSA) is 40.6 Å². The summed E-state index contributed by atoms with van der Waals surface area (Å²) < 4.78 is 7.55. The molecule has 13 aromatic carbocycles. The maximum atomic E-state index is 5.84. The van der Waals surface area contributed by atoms with E-state index in [1.165, 1.54) is 132 Å². The monoisotopic (exact) mass is 1200 g/mol. The molecular weight excluding hydrogens is 1140 g/mol. The highest BCUT2D eigenvalue weighted by atomic mass is 15.0. The van der Waals surface area contributed by atoms with E-state index in [0.29, 0.717) is 5.82 Å². The van der Waals surface area contributed by atoms with Gasteiger partial charge >= 0.3 is 0 Å². The Bertz CT molecular complexity index is 6210. The lowest BCUT2D eigenvalue weighted by molar-refractivity contribution is 0.663. The average Bonchev–Trinajstić information content (AvgIpc) is 1.55. The van der Waals surface area contributed by atoms with Crippen LogP contribution in [0.1, 0.15) is 74.9 Å². The Balaban J connectivity index is 0.799. The molecule has 0 fully saturated rings. The zero-order valence-corrected chi connectivity index (χ0v) is 53.2. The summed E-state index contributed by atoms with van der Waals surface area (Å²) in [6, 6.07) is 102. The van der Waals surface area contributed by atoms with Gasteiger partial charge in [0.15, 0.2) is 5.82 Å². The molecule has 0 amide bonds. The molecule has 5 heteroatoms. The largest absolute Gasteiger partial charge is 0.309 e. The van der Waals surface area contributed by atoms with E-state index in [9.17, 15) is 0 Å². The minimum absolute atomic E-state index is 0.207. The molecule has 0 spiro atoms. The van der Waals surface area contributed by atoms with Crippen LogP contribution in [0.25, 0.3) is 161 Å². The van der Waals surface area contributed by atoms with Gasteiger partial charge in [-0.05, 0) is 145 Å². The van der Waals surface area contributed by atoms with Crippen molar-refractivity contribution >= 4 is 76.3 Å². The Labute approximate surface area is 545 Å². The Morgan fingerprint density at radius 2 is 0.617 bits per heavy atom. The molecule has 0 N–H and O–H groups in total. The molecule has 0 saturated heterocycles. The minimum atomic E-state index is -0.236. The van der Waals surface area contributed by atoms with Crippen molar-refractivity contribution < 1.29 is 0 Å². The van der Waals surface area contributed by atoms with Crippen LogP contribution >= 0.6 is 0 Å². The van der Waals surface area contributed by atoms with E-state index in [1.54, 1.807) is 0 Å². The van der Waals surface area contributed by atoms with Crippen LogP contribution in [-0.2, 0) is 16.2 Å². The second kappa shape index (κ2) is 18.9. The molecule has 0 atom stereocenters. The predicted molar refractivity (Wildman–Crippen MR) is 392 cm³/mol. The highest BCUT2D eigenvalue weighted by molar-refractivity contribution is 6.16. The zero-order chi connectivity index (χ0) is 62.7. The third kappa shape index (κ3) is 7.08. The van der Waals surface area contributed by atoms with Crippen LogP contribution in [0.4, 0.5) is 0 Å². The number of hydrogen-bond donors (Lipinski definition) is 0. The Morgan fingerprint density at radius 1 is 0.255 bits per heavy atom. The Hall–Kier alpha value is -11.4. The second-order valence-corrected chi connectivity index (χ2v) is 28.0. The Morgan fingerprint density at radius 3 is 1.06 bits per heavy atom. The third-order valence-electron chi connectivity index (χ3n) is 21.9. The quantitative estimate of drug-likeness (QED) is 0.166. The summed E-state index contributed by atoms with van der Waals surface area (Å²) in [6.45, 7) is 14.4. The van der Waals surface area contributed by atoms with Gasteiger partial charge in [0.1, 0.15) is 0 Å². The fraction of sp³-hybridized carbons (Fsp3) is 0.101. The molecule has 4 heterocycles. The van der Waals surface area contributed by atoms with E-state index in [4.69, 9.17) is 9.97 Å². The first kappa shape index (κ1) is 53.3. The lowest BCUT2D eigenvalue weighted by Crippen LogP contribution is -2.16. The molecule has 17 aromatic rings. The summed E-state index contributed by atoms with van der Waals surface area (Å²) in [6.07, 6.45) is 0. The van der Waals surface area contributed by atoms with Crippen molar-refractivity contribution in [3.63, 3.8) is 0 Å². The second-order valence-electron chi connectivity index (χ2n) is 28.0. The summed E-state index contributed by atoms with van der Waals surface area (Å²) in [7, 11) is 0. The van der Waals surface area contributed by atoms with E-state index in [0.717, 1.165) is 55.9 Å². The Kier molecular flexibility index (Phi) is 10.7. The van der Waals surface area contributed by atoms with Gasteiger partial charge in [0, 0.05) is 82.1 Å². The molecule has 0 unspecified atom stereocenters. The van der Waals surface area contributed by atoms with Crippen molar-refractivity contribution in [3.8, 4) is 84.2 Å². The number of nitrogens with zero attached hydrogens (tertiary/aromatic N) is 5. The van der Waals surface area contributed by atoms with Crippen LogP contribution in [0, 0.1) is 0 Å². The van der Waals surface area contributed by atoms with Crippen LogP contribution in [0.15, 0.2) is 273 Å². The predicted octanol–water partition coefficient (Wildman–Crippen LogP) is 22.8. The van der Waals surface area contributed by atoms with Crippen molar-refractivity contribution in [2.24, 2.45) is 0 Å². The van der Waals surface area contributed by atoms with Crippen LogP contribution in [0.2, 0.25) is 0 Å². The van der Waals surface area contributed by atoms with Gasteiger partial charge in [-0.3, -0.25) is 0 Å². The van der Waals surface area contributed by atoms with Gasteiger partial charge in [0.2, 0.25) is 0 Å². The van der Waals surface area contributed by atoms with Crippen molar-refractivity contribution in [1.29, 1.82) is 0 Å². The van der Waals surface area contributed by atoms with Gasteiger partial charge < -0.3 is 13.7 Å². The maximum absolute atomic E-state index is 5.84. The average molecular weight is 1200 g/mol. The van der Waals surface area contributed by atoms with E-state index in [1.807, 2.05) is 0 Å². The van der Waals surface area contributed by atoms with Gasteiger partial charge in [-0.15, -0.1) is 0 Å². The first-order chi connectivity index (χ1) is 45.9. The van der Waals surface area contributed by atoms with Gasteiger partial charge in [0.25, 0.3) is 0 Å². The fourth-order valence-corrected chi connectivity index (χ4v) is 17.8. The first-order valence-electron chi connectivity index (χ1n) is 33.1. The smallest absolute Gasteiger partial charge is 0.160 e. The van der Waals surface area contributed by atoms with E-state index >= 15 is 0 Å². The lowest BCUT2D eigenvalue weighted by Gasteiger charge is -2.24. The van der Waals surface area contributed by atoms with Crippen LogP contribution < -0.4 is 0 Å². The molecule has 4 aromatic heterocycles. The van der Waals surface area contributed by atoms with Crippen molar-refractivity contribution in [1.82, 2.24) is 23.7 Å². The number of hydrogen-bond acceptors (Lipinski definition) is 2. The molecule has 444 valence electrons. The van der Waals surface area contributed by atoms with Crippen LogP contribution in [0.5, 0.6) is 0 Å².